The zero-order valence-electron chi connectivity index (χ0n) is 42.6. The smallest absolute Gasteiger partial charge is 0.359 e. The number of para-hydroxylation sites is 2. The van der Waals surface area contributed by atoms with Gasteiger partial charge in [-0.1, -0.05) is 206 Å². The van der Waals surface area contributed by atoms with Gasteiger partial charge in [0.1, 0.15) is 0 Å². The summed E-state index contributed by atoms with van der Waals surface area (Å²) in [6, 6.07) is 52.5. The molecular weight excluding hydrogens is 822 g/mol. The van der Waals surface area contributed by atoms with Crippen molar-refractivity contribution in [3.8, 4) is 0 Å². The largest absolute Gasteiger partial charge is 0.421 e. The molecule has 0 N–H and O–H groups in total. The van der Waals surface area contributed by atoms with Crippen LogP contribution >= 0.6 is 0 Å². The lowest BCUT2D eigenvalue weighted by molar-refractivity contribution is 0.578. The van der Waals surface area contributed by atoms with Crippen molar-refractivity contribution in [3.05, 3.63) is 189 Å². The van der Waals surface area contributed by atoms with Crippen LogP contribution in [0.2, 0.25) is 0 Å². The minimum absolute atomic E-state index is 0.0291. The highest BCUT2D eigenvalue weighted by atomic mass is 15.4. The van der Waals surface area contributed by atoms with Crippen LogP contribution in [0.5, 0.6) is 0 Å². The molecule has 0 radical (unpaired) electrons. The molecule has 0 saturated carbocycles. The van der Waals surface area contributed by atoms with Crippen molar-refractivity contribution in [2.75, 3.05) is 19.2 Å². The molecule has 6 aliphatic heterocycles. The molecule has 0 aromatic heterocycles. The van der Waals surface area contributed by atoms with Crippen LogP contribution in [0.4, 0.5) is 45.5 Å². The van der Waals surface area contributed by atoms with Crippen molar-refractivity contribution in [3.63, 3.8) is 0 Å². The van der Waals surface area contributed by atoms with Gasteiger partial charge in [-0.05, 0) is 90.5 Å². The molecule has 0 atom stereocenters. The van der Waals surface area contributed by atoms with Crippen LogP contribution in [0.25, 0.3) is 0 Å². The van der Waals surface area contributed by atoms with E-state index in [9.17, 15) is 0 Å². The summed E-state index contributed by atoms with van der Waals surface area (Å²) in [5, 5.41) is 0. The Morgan fingerprint density at radius 3 is 0.956 bits per heavy atom. The van der Waals surface area contributed by atoms with Crippen molar-refractivity contribution in [2.24, 2.45) is 0 Å². The first-order chi connectivity index (χ1) is 32.1. The lowest BCUT2D eigenvalue weighted by Gasteiger charge is -2.47. The van der Waals surface area contributed by atoms with E-state index in [-0.39, 0.29) is 35.6 Å². The van der Waals surface area contributed by atoms with Gasteiger partial charge >= 0.3 is 14.0 Å². The van der Waals surface area contributed by atoms with Crippen molar-refractivity contribution in [1.82, 2.24) is 0 Å². The van der Waals surface area contributed by atoms with Crippen molar-refractivity contribution >= 4 is 70.4 Å². The summed E-state index contributed by atoms with van der Waals surface area (Å²) in [5.41, 5.74) is 25.8. The van der Waals surface area contributed by atoms with E-state index in [0.29, 0.717) is 0 Å². The molecule has 338 valence electrons. The topological polar surface area (TPSA) is 13.0 Å². The van der Waals surface area contributed by atoms with E-state index in [1.54, 1.807) is 0 Å². The van der Waals surface area contributed by atoms with Crippen LogP contribution in [0.15, 0.2) is 133 Å². The van der Waals surface area contributed by atoms with Gasteiger partial charge < -0.3 is 19.2 Å². The van der Waals surface area contributed by atoms with Gasteiger partial charge in [-0.25, -0.2) is 0 Å². The van der Waals surface area contributed by atoms with Crippen LogP contribution in [0, 0.1) is 0 Å². The quantitative estimate of drug-likeness (QED) is 0.141. The second-order valence-electron chi connectivity index (χ2n) is 25.0. The van der Waals surface area contributed by atoms with Crippen LogP contribution in [-0.4, -0.2) is 14.0 Å². The Morgan fingerprint density at radius 2 is 0.618 bits per heavy atom. The summed E-state index contributed by atoms with van der Waals surface area (Å²) in [7, 11) is 0. The number of rotatable bonds is 0. The Labute approximate surface area is 406 Å². The van der Waals surface area contributed by atoms with E-state index in [1.807, 2.05) is 0 Å². The van der Waals surface area contributed by atoms with E-state index >= 15 is 0 Å². The fraction of sp³-hybridized carbons (Fsp3) is 0.323. The van der Waals surface area contributed by atoms with Crippen LogP contribution in [0.1, 0.15) is 153 Å². The summed E-state index contributed by atoms with van der Waals surface area (Å²) in [5.74, 6) is 0. The van der Waals surface area contributed by atoms with Gasteiger partial charge in [0.05, 0.1) is 22.7 Å². The molecule has 0 unspecified atom stereocenters. The third kappa shape index (κ3) is 4.99. The van der Waals surface area contributed by atoms with Crippen molar-refractivity contribution < 1.29 is 0 Å². The summed E-state index contributed by atoms with van der Waals surface area (Å²) in [6.07, 6.45) is 0. The molecule has 0 fully saturated rings. The molecule has 13 rings (SSSR count). The van der Waals surface area contributed by atoms with Gasteiger partial charge in [-0.3, -0.25) is 0 Å². The maximum atomic E-state index is 2.83. The van der Waals surface area contributed by atoms with E-state index in [1.165, 1.54) is 112 Å². The lowest BCUT2D eigenvalue weighted by Crippen LogP contribution is -2.56. The number of nitrogens with zero attached hydrogens (tertiary/aromatic N) is 4. The molecule has 7 aromatic rings. The standard InChI is InChI=1S/C62H64B2N4/c1-57(2,3)37-31-33-49-43(35-37)61(11,12)51-53-56-52(54-55(51)67(49)63-45-27-19-15-23-39(45)59(7,8)42-26-18-22-30-48(42)66(54)63)62(13,14)44-36-38(58(4,5)6)32-34-50(44)68(56)64-46-28-20-16-24-40(46)60(9,10)41-25-17-21-29-47(41)65(53)64/h15-36H,1-14H3. The highest BCUT2D eigenvalue weighted by Crippen LogP contribution is 2.71. The normalized spacial score (nSPS) is 18.7. The van der Waals surface area contributed by atoms with Crippen LogP contribution < -0.4 is 30.2 Å². The first-order valence-electron chi connectivity index (χ1n) is 25.2. The summed E-state index contributed by atoms with van der Waals surface area (Å²) in [6.45, 7) is 33.9. The Bertz CT molecular complexity index is 3150. The SMILES string of the molecule is CC(C)(C)c1ccc2c(c1)C(C)(C)c1c3c4c(c5c1N2B1c2ccccc2C(C)(C)c2ccccc2N15)C(C)(C)c1cc(C(C)(C)C)ccc1N4B1c2ccccc2C(C)(C)c2ccccc2N13. The first-order valence-corrected chi connectivity index (χ1v) is 25.2. The molecule has 6 heterocycles. The molecule has 4 nitrogen and oxygen atoms in total. The van der Waals surface area contributed by atoms with Crippen LogP contribution in [-0.2, 0) is 32.5 Å². The van der Waals surface area contributed by atoms with Crippen LogP contribution in [0.3, 0.4) is 0 Å². The fourth-order valence-electron chi connectivity index (χ4n) is 14.1. The lowest BCUT2D eigenvalue weighted by atomic mass is 9.59. The van der Waals surface area contributed by atoms with E-state index in [2.05, 4.69) is 250 Å². The number of hydrogen-bond donors (Lipinski definition) is 0. The Kier molecular flexibility index (Phi) is 7.99. The Morgan fingerprint density at radius 1 is 0.324 bits per heavy atom. The molecular formula is C62H64B2N4. The average molecular weight is 887 g/mol. The predicted octanol–water partition coefficient (Wildman–Crippen LogP) is 14.2. The minimum atomic E-state index is -0.401. The highest BCUT2D eigenvalue weighted by molar-refractivity contribution is 6.87. The van der Waals surface area contributed by atoms with Gasteiger partial charge in [0, 0.05) is 55.5 Å². The van der Waals surface area contributed by atoms with Gasteiger partial charge in [-0.2, -0.15) is 0 Å². The minimum Gasteiger partial charge on any atom is -0.359 e. The molecule has 6 heteroatoms. The molecule has 0 aliphatic carbocycles. The zero-order valence-corrected chi connectivity index (χ0v) is 42.6. The summed E-state index contributed by atoms with van der Waals surface area (Å²) >= 11 is 0. The maximum absolute atomic E-state index is 2.83. The fourth-order valence-corrected chi connectivity index (χ4v) is 14.1. The summed E-state index contributed by atoms with van der Waals surface area (Å²) in [4.78, 5) is 11.3. The van der Waals surface area contributed by atoms with Gasteiger partial charge in [0.2, 0.25) is 0 Å². The van der Waals surface area contributed by atoms with Crippen molar-refractivity contribution in [1.29, 1.82) is 0 Å². The Balaban J connectivity index is 1.28. The molecule has 0 bridgehead atoms. The third-order valence-electron chi connectivity index (χ3n) is 17.7. The Hall–Kier alpha value is -6.13. The monoisotopic (exact) mass is 887 g/mol. The molecule has 68 heavy (non-hydrogen) atoms. The number of hydrogen-bond acceptors (Lipinski definition) is 4. The van der Waals surface area contributed by atoms with E-state index in [0.717, 1.165) is 0 Å². The predicted molar refractivity (Wildman–Crippen MR) is 290 cm³/mol. The molecule has 6 aliphatic rings. The number of fused-ring (bicyclic) bond motifs is 20. The zero-order chi connectivity index (χ0) is 47.6. The van der Waals surface area contributed by atoms with Gasteiger partial charge in [0.15, 0.2) is 0 Å². The maximum Gasteiger partial charge on any atom is 0.421 e. The van der Waals surface area contributed by atoms with E-state index in [4.69, 9.17) is 0 Å². The van der Waals surface area contributed by atoms with E-state index < -0.39 is 10.8 Å². The second kappa shape index (κ2) is 12.9. The summed E-state index contributed by atoms with van der Waals surface area (Å²) < 4.78 is 0. The van der Waals surface area contributed by atoms with Crippen molar-refractivity contribution in [2.45, 2.75) is 129 Å². The van der Waals surface area contributed by atoms with Gasteiger partial charge in [0.25, 0.3) is 0 Å². The molecule has 0 saturated heterocycles. The number of benzene rings is 7. The average Bonchev–Trinajstić information content (AvgIpc) is 3.78. The molecule has 0 amide bonds. The van der Waals surface area contributed by atoms with Gasteiger partial charge in [-0.15, -0.1) is 0 Å². The molecule has 0 spiro atoms. The molecule has 7 aromatic carbocycles. The second-order valence-corrected chi connectivity index (χ2v) is 25.0. The number of anilines is 8. The first kappa shape index (κ1) is 42.0. The third-order valence-corrected chi connectivity index (χ3v) is 17.7. The highest BCUT2D eigenvalue weighted by Gasteiger charge is 2.63.